The number of piperidine rings is 3. The summed E-state index contributed by atoms with van der Waals surface area (Å²) in [5.41, 5.74) is -1.02. The molecule has 2 bridgehead atoms. The smallest absolute Gasteiger partial charge is 0.343 e. The van der Waals surface area contributed by atoms with Gasteiger partial charge in [-0.1, -0.05) is 54.8 Å². The number of carbonyl (C=O) groups excluding carboxylic acids is 2. The highest BCUT2D eigenvalue weighted by molar-refractivity contribution is 5.90. The summed E-state index contributed by atoms with van der Waals surface area (Å²) in [6.45, 7) is 2.67. The molecule has 8 heteroatoms. The van der Waals surface area contributed by atoms with Crippen molar-refractivity contribution in [2.75, 3.05) is 31.5 Å². The van der Waals surface area contributed by atoms with Gasteiger partial charge in [-0.25, -0.2) is 4.79 Å². The lowest BCUT2D eigenvalue weighted by atomic mass is 9.73. The third kappa shape index (κ3) is 4.49. The fourth-order valence-corrected chi connectivity index (χ4v) is 6.30. The van der Waals surface area contributed by atoms with Crippen LogP contribution in [-0.4, -0.2) is 58.9 Å². The first-order valence-corrected chi connectivity index (χ1v) is 12.5. The zero-order valence-corrected chi connectivity index (χ0v) is 19.5. The van der Waals surface area contributed by atoms with E-state index in [2.05, 4.69) is 10.5 Å². The molecule has 1 aromatic carbocycles. The summed E-state index contributed by atoms with van der Waals surface area (Å²) in [4.78, 5) is 26.4. The van der Waals surface area contributed by atoms with E-state index in [0.717, 1.165) is 58.0 Å². The second kappa shape index (κ2) is 9.50. The molecule has 4 aliphatic rings. The van der Waals surface area contributed by atoms with Crippen molar-refractivity contribution in [1.29, 1.82) is 0 Å². The van der Waals surface area contributed by atoms with E-state index in [4.69, 9.17) is 9.26 Å². The van der Waals surface area contributed by atoms with Crippen LogP contribution in [0.3, 0.4) is 0 Å². The maximum absolute atomic E-state index is 13.7. The number of hydrogen-bond acceptors (Lipinski definition) is 6. The lowest BCUT2D eigenvalue weighted by Gasteiger charge is -2.52. The molecule has 4 fully saturated rings. The second-order valence-electron chi connectivity index (χ2n) is 10.3. The van der Waals surface area contributed by atoms with Gasteiger partial charge in [0.25, 0.3) is 5.91 Å². The molecule has 2 atom stereocenters. The van der Waals surface area contributed by atoms with Crippen LogP contribution in [0.25, 0.3) is 0 Å². The summed E-state index contributed by atoms with van der Waals surface area (Å²) < 4.78 is 11.5. The van der Waals surface area contributed by atoms with E-state index in [9.17, 15) is 14.7 Å². The molecule has 1 aliphatic carbocycles. The first-order chi connectivity index (χ1) is 16.5. The number of fused-ring (bicyclic) bond motifs is 3. The van der Waals surface area contributed by atoms with Crippen LogP contribution in [0.15, 0.2) is 47.2 Å². The number of quaternary nitrogens is 1. The molecule has 34 heavy (non-hydrogen) atoms. The minimum Gasteiger partial charge on any atom is -0.454 e. The fraction of sp³-hybridized carbons (Fsp3) is 0.577. The van der Waals surface area contributed by atoms with Gasteiger partial charge in [0.1, 0.15) is 12.8 Å². The number of anilines is 1. The summed E-state index contributed by atoms with van der Waals surface area (Å²) in [7, 11) is 0. The number of nitrogens with zero attached hydrogens (tertiary/aromatic N) is 2. The highest BCUT2D eigenvalue weighted by Crippen LogP contribution is 2.42. The molecule has 1 amide bonds. The zero-order chi connectivity index (χ0) is 23.6. The Labute approximate surface area is 199 Å². The van der Waals surface area contributed by atoms with Gasteiger partial charge >= 0.3 is 5.97 Å². The Kier molecular flexibility index (Phi) is 6.44. The molecule has 1 saturated carbocycles. The van der Waals surface area contributed by atoms with Crippen LogP contribution in [0.4, 0.5) is 5.82 Å². The van der Waals surface area contributed by atoms with Gasteiger partial charge in [0.15, 0.2) is 24.1 Å². The van der Waals surface area contributed by atoms with E-state index in [1.54, 1.807) is 6.07 Å². The van der Waals surface area contributed by atoms with Crippen molar-refractivity contribution in [1.82, 2.24) is 5.16 Å². The summed E-state index contributed by atoms with van der Waals surface area (Å²) in [6, 6.07) is 10.9. The lowest BCUT2D eigenvalue weighted by molar-refractivity contribution is -0.939. The normalized spacial score (nSPS) is 28.7. The Morgan fingerprint density at radius 3 is 2.50 bits per heavy atom. The van der Waals surface area contributed by atoms with Crippen molar-refractivity contribution in [3.63, 3.8) is 0 Å². The first-order valence-electron chi connectivity index (χ1n) is 12.5. The lowest BCUT2D eigenvalue weighted by Crippen LogP contribution is -2.66. The number of carbonyl (C=O) groups is 2. The zero-order valence-electron chi connectivity index (χ0n) is 19.5. The number of rotatable bonds is 7. The number of amides is 1. The molecule has 2 aromatic rings. The van der Waals surface area contributed by atoms with Crippen molar-refractivity contribution in [3.05, 3.63) is 48.2 Å². The quantitative estimate of drug-likeness (QED) is 0.478. The first kappa shape index (κ1) is 23.1. The Balaban J connectivity index is 1.31. The molecular formula is C26H34N3O5+. The Morgan fingerprint density at radius 2 is 1.82 bits per heavy atom. The summed E-state index contributed by atoms with van der Waals surface area (Å²) >= 11 is 0. The highest BCUT2D eigenvalue weighted by atomic mass is 16.6. The fourth-order valence-electron chi connectivity index (χ4n) is 6.30. The van der Waals surface area contributed by atoms with Crippen molar-refractivity contribution in [2.24, 2.45) is 11.8 Å². The molecule has 1 aromatic heterocycles. The number of aromatic nitrogens is 1. The van der Waals surface area contributed by atoms with E-state index in [0.29, 0.717) is 29.0 Å². The van der Waals surface area contributed by atoms with Crippen molar-refractivity contribution < 1.29 is 28.4 Å². The molecule has 3 aliphatic heterocycles. The Morgan fingerprint density at radius 1 is 1.09 bits per heavy atom. The van der Waals surface area contributed by atoms with Gasteiger partial charge in [-0.2, -0.15) is 0 Å². The molecule has 2 N–H and O–H groups in total. The molecule has 4 heterocycles. The maximum Gasteiger partial charge on any atom is 0.343 e. The molecule has 8 nitrogen and oxygen atoms in total. The molecular weight excluding hydrogens is 434 g/mol. The number of hydrogen-bond donors (Lipinski definition) is 2. The predicted octanol–water partition coefficient (Wildman–Crippen LogP) is 3.23. The average Bonchev–Trinajstić information content (AvgIpc) is 3.37. The highest BCUT2D eigenvalue weighted by Gasteiger charge is 2.52. The van der Waals surface area contributed by atoms with Crippen LogP contribution in [0.5, 0.6) is 0 Å². The van der Waals surface area contributed by atoms with Crippen LogP contribution in [0.2, 0.25) is 0 Å². The van der Waals surface area contributed by atoms with E-state index >= 15 is 0 Å². The number of benzene rings is 1. The van der Waals surface area contributed by atoms with Gasteiger partial charge in [0, 0.05) is 30.7 Å². The van der Waals surface area contributed by atoms with E-state index < -0.39 is 11.6 Å². The minimum absolute atomic E-state index is 0.123. The van der Waals surface area contributed by atoms with Gasteiger partial charge < -0.3 is 24.2 Å². The molecule has 0 spiro atoms. The largest absolute Gasteiger partial charge is 0.454 e. The van der Waals surface area contributed by atoms with E-state index in [1.807, 2.05) is 30.3 Å². The summed E-state index contributed by atoms with van der Waals surface area (Å²) in [6.07, 6.45) is 7.73. The van der Waals surface area contributed by atoms with E-state index in [1.165, 1.54) is 6.26 Å². The van der Waals surface area contributed by atoms with Crippen molar-refractivity contribution in [2.45, 2.75) is 56.7 Å². The second-order valence-corrected chi connectivity index (χ2v) is 10.3. The maximum atomic E-state index is 13.7. The summed E-state index contributed by atoms with van der Waals surface area (Å²) in [5, 5.41) is 18.4. The molecule has 6 rings (SSSR count). The standard InChI is InChI=1S/C26H33N3O5/c30-24(27-23-13-16-33-28-23)18-29-14-11-19(12-15-29)22(17-29)34-25(31)26(32,20-7-3-1-4-8-20)21-9-5-2-6-10-21/h1,3-4,7-8,13,16,19,21-22,32H,2,5-6,9-12,14-15,17-18H2/p+1/t19?,22-,26-,29?/m0/s1. The van der Waals surface area contributed by atoms with Crippen LogP contribution in [-0.2, 0) is 19.9 Å². The number of nitrogens with one attached hydrogen (secondary N) is 1. The van der Waals surface area contributed by atoms with Gasteiger partial charge in [-0.3, -0.25) is 4.79 Å². The molecule has 0 radical (unpaired) electrons. The summed E-state index contributed by atoms with van der Waals surface area (Å²) in [5.74, 6) is -0.127. The van der Waals surface area contributed by atoms with Crippen LogP contribution >= 0.6 is 0 Å². The average molecular weight is 469 g/mol. The molecule has 182 valence electrons. The molecule has 0 unspecified atom stereocenters. The van der Waals surface area contributed by atoms with Gasteiger partial charge in [0.2, 0.25) is 0 Å². The van der Waals surface area contributed by atoms with Gasteiger partial charge in [-0.05, 0) is 18.4 Å². The van der Waals surface area contributed by atoms with Crippen LogP contribution in [0.1, 0.15) is 50.5 Å². The Bertz CT molecular complexity index is 981. The van der Waals surface area contributed by atoms with E-state index in [-0.39, 0.29) is 23.8 Å². The minimum atomic E-state index is -1.64. The third-order valence-corrected chi connectivity index (χ3v) is 8.21. The van der Waals surface area contributed by atoms with Crippen LogP contribution < -0.4 is 5.32 Å². The number of ether oxygens (including phenoxy) is 1. The molecule has 3 saturated heterocycles. The third-order valence-electron chi connectivity index (χ3n) is 8.21. The van der Waals surface area contributed by atoms with Crippen LogP contribution in [0, 0.1) is 11.8 Å². The Hall–Kier alpha value is -2.71. The van der Waals surface area contributed by atoms with Gasteiger partial charge in [0.05, 0.1) is 13.1 Å². The van der Waals surface area contributed by atoms with Crippen molar-refractivity contribution in [3.8, 4) is 0 Å². The number of esters is 1. The SMILES string of the molecule is O=C(C[N+]12CCC(CC1)[C@@H](OC(=O)[C@](O)(c1ccccc1)C1CCCCC1)C2)Nc1ccon1. The number of aliphatic hydroxyl groups is 1. The topological polar surface area (TPSA) is 102 Å². The monoisotopic (exact) mass is 468 g/mol. The predicted molar refractivity (Wildman–Crippen MR) is 124 cm³/mol. The van der Waals surface area contributed by atoms with Crippen molar-refractivity contribution >= 4 is 17.7 Å². The van der Waals surface area contributed by atoms with Gasteiger partial charge in [-0.15, -0.1) is 0 Å².